The number of ether oxygens (including phenoxy) is 1. The molecule has 3 aliphatic rings. The number of nitrogens with zero attached hydrogens (tertiary/aromatic N) is 3. The van der Waals surface area contributed by atoms with Gasteiger partial charge < -0.3 is 15.0 Å². The molecule has 1 saturated carbocycles. The number of aromatic nitrogens is 2. The Morgan fingerprint density at radius 3 is 2.30 bits per heavy atom. The van der Waals surface area contributed by atoms with Crippen LogP contribution in [0.25, 0.3) is 28.1 Å². The van der Waals surface area contributed by atoms with Gasteiger partial charge in [-0.15, -0.1) is 0 Å². The standard InChI is InChI=1S/C34H40N4O2/c1-40-34(30-5-3-2-4-6-30)15-19-38(20-16-34)31-22-36-33(37-23-31)27-9-7-25(8-10-27)28-11-12-29(24-39)32(21-28)26-13-17-35-18-14-26/h7-13,21-24,30,35H,2-6,14-20H2,1H3. The number of benzene rings is 2. The van der Waals surface area contributed by atoms with Crippen molar-refractivity contribution in [1.29, 1.82) is 0 Å². The van der Waals surface area contributed by atoms with Gasteiger partial charge in [0.05, 0.1) is 23.7 Å². The Bertz CT molecular complexity index is 1340. The molecule has 1 saturated heterocycles. The average molecular weight is 537 g/mol. The van der Waals surface area contributed by atoms with Gasteiger partial charge in [0.15, 0.2) is 12.1 Å². The number of anilines is 1. The van der Waals surface area contributed by atoms with Gasteiger partial charge in [-0.05, 0) is 72.9 Å². The van der Waals surface area contributed by atoms with E-state index in [9.17, 15) is 4.79 Å². The number of carbonyl (C=O) groups excluding carboxylic acids is 1. The van der Waals surface area contributed by atoms with Crippen LogP contribution in [0.4, 0.5) is 5.69 Å². The molecular formula is C34H40N4O2. The average Bonchev–Trinajstić information content (AvgIpc) is 3.05. The predicted octanol–water partition coefficient (Wildman–Crippen LogP) is 6.57. The molecule has 2 fully saturated rings. The number of piperidine rings is 1. The minimum atomic E-state index is 0.0400. The lowest BCUT2D eigenvalue weighted by Crippen LogP contribution is -2.50. The summed E-state index contributed by atoms with van der Waals surface area (Å²) in [5.41, 5.74) is 7.37. The Kier molecular flexibility index (Phi) is 8.08. The molecule has 6 nitrogen and oxygen atoms in total. The lowest BCUT2D eigenvalue weighted by Gasteiger charge is -2.47. The number of aldehydes is 1. The first kappa shape index (κ1) is 26.9. The molecule has 1 aromatic heterocycles. The minimum absolute atomic E-state index is 0.0400. The maximum atomic E-state index is 11.7. The Labute approximate surface area is 237 Å². The first-order valence-corrected chi connectivity index (χ1v) is 14.9. The van der Waals surface area contributed by atoms with Crippen molar-refractivity contribution in [2.24, 2.45) is 5.92 Å². The summed E-state index contributed by atoms with van der Waals surface area (Å²) in [4.78, 5) is 23.6. The van der Waals surface area contributed by atoms with E-state index >= 15 is 0 Å². The van der Waals surface area contributed by atoms with Gasteiger partial charge in [-0.3, -0.25) is 4.79 Å². The van der Waals surface area contributed by atoms with Crippen LogP contribution < -0.4 is 10.2 Å². The van der Waals surface area contributed by atoms with Crippen LogP contribution in [-0.4, -0.2) is 55.1 Å². The molecular weight excluding hydrogens is 496 g/mol. The van der Waals surface area contributed by atoms with Crippen LogP contribution in [0.5, 0.6) is 0 Å². The molecule has 0 unspecified atom stereocenters. The van der Waals surface area contributed by atoms with E-state index in [0.717, 1.165) is 91.1 Å². The van der Waals surface area contributed by atoms with E-state index in [2.05, 4.69) is 46.6 Å². The predicted molar refractivity (Wildman–Crippen MR) is 162 cm³/mol. The summed E-state index contributed by atoms with van der Waals surface area (Å²) >= 11 is 0. The van der Waals surface area contributed by atoms with E-state index in [1.807, 2.05) is 31.6 Å². The lowest BCUT2D eigenvalue weighted by molar-refractivity contribution is -0.0856. The first-order valence-electron chi connectivity index (χ1n) is 14.9. The Balaban J connectivity index is 1.13. The molecule has 6 rings (SSSR count). The third kappa shape index (κ3) is 5.48. The van der Waals surface area contributed by atoms with Crippen LogP contribution in [0.3, 0.4) is 0 Å². The van der Waals surface area contributed by atoms with E-state index in [1.165, 1.54) is 37.7 Å². The van der Waals surface area contributed by atoms with Gasteiger partial charge in [-0.25, -0.2) is 9.97 Å². The summed E-state index contributed by atoms with van der Waals surface area (Å²) in [6.07, 6.45) is 16.8. The zero-order chi connectivity index (χ0) is 27.4. The summed E-state index contributed by atoms with van der Waals surface area (Å²) in [7, 11) is 1.92. The van der Waals surface area contributed by atoms with Crippen molar-refractivity contribution in [3.63, 3.8) is 0 Å². The summed E-state index contributed by atoms with van der Waals surface area (Å²) in [5.74, 6) is 1.43. The number of methoxy groups -OCH3 is 1. The second-order valence-corrected chi connectivity index (χ2v) is 11.5. The van der Waals surface area contributed by atoms with E-state index in [-0.39, 0.29) is 5.60 Å². The van der Waals surface area contributed by atoms with Crippen molar-refractivity contribution in [1.82, 2.24) is 15.3 Å². The highest BCUT2D eigenvalue weighted by Gasteiger charge is 2.42. The smallest absolute Gasteiger partial charge is 0.159 e. The fraction of sp³-hybridized carbons (Fsp3) is 0.441. The summed E-state index contributed by atoms with van der Waals surface area (Å²) in [6.45, 7) is 3.76. The fourth-order valence-electron chi connectivity index (χ4n) is 6.98. The second-order valence-electron chi connectivity index (χ2n) is 11.5. The Hall–Kier alpha value is -3.35. The van der Waals surface area contributed by atoms with Crippen molar-refractivity contribution in [3.8, 4) is 22.5 Å². The summed E-state index contributed by atoms with van der Waals surface area (Å²) in [5, 5.41) is 3.35. The lowest BCUT2D eigenvalue weighted by atomic mass is 9.72. The SMILES string of the molecule is COC1(C2CCCCC2)CCN(c2cnc(-c3ccc(-c4ccc(C=O)c(C5=CCNCC5)c4)cc3)nc2)CC1. The third-order valence-corrected chi connectivity index (χ3v) is 9.44. The van der Waals surface area contributed by atoms with Gasteiger partial charge in [-0.2, -0.15) is 0 Å². The Morgan fingerprint density at radius 1 is 0.950 bits per heavy atom. The molecule has 0 spiro atoms. The number of rotatable bonds is 7. The number of nitrogens with one attached hydrogen (secondary N) is 1. The van der Waals surface area contributed by atoms with Crippen molar-refractivity contribution < 1.29 is 9.53 Å². The summed E-state index contributed by atoms with van der Waals surface area (Å²) < 4.78 is 6.19. The number of hydrogen-bond acceptors (Lipinski definition) is 6. The van der Waals surface area contributed by atoms with Crippen molar-refractivity contribution in [2.75, 3.05) is 38.2 Å². The third-order valence-electron chi connectivity index (χ3n) is 9.44. The van der Waals surface area contributed by atoms with Gasteiger partial charge in [0.25, 0.3) is 0 Å². The van der Waals surface area contributed by atoms with Crippen molar-refractivity contribution in [2.45, 2.75) is 57.0 Å². The van der Waals surface area contributed by atoms with Gasteiger partial charge in [0, 0.05) is 37.9 Å². The molecule has 208 valence electrons. The molecule has 1 N–H and O–H groups in total. The minimum Gasteiger partial charge on any atom is -0.378 e. The summed E-state index contributed by atoms with van der Waals surface area (Å²) in [6, 6.07) is 14.5. The van der Waals surface area contributed by atoms with E-state index < -0.39 is 0 Å². The van der Waals surface area contributed by atoms with Crippen LogP contribution in [0.2, 0.25) is 0 Å². The first-order chi connectivity index (χ1) is 19.7. The quantitative estimate of drug-likeness (QED) is 0.345. The van der Waals surface area contributed by atoms with E-state index in [1.54, 1.807) is 0 Å². The topological polar surface area (TPSA) is 67.3 Å². The van der Waals surface area contributed by atoms with Gasteiger partial charge in [-0.1, -0.05) is 61.7 Å². The second kappa shape index (κ2) is 12.0. The molecule has 0 atom stereocenters. The molecule has 1 aliphatic carbocycles. The Morgan fingerprint density at radius 2 is 1.65 bits per heavy atom. The van der Waals surface area contributed by atoms with Crippen molar-refractivity contribution in [3.05, 3.63) is 72.1 Å². The van der Waals surface area contributed by atoms with Gasteiger partial charge in [0.1, 0.15) is 0 Å². The fourth-order valence-corrected chi connectivity index (χ4v) is 6.98. The van der Waals surface area contributed by atoms with Crippen LogP contribution in [0.1, 0.15) is 67.3 Å². The molecule has 0 radical (unpaired) electrons. The molecule has 3 heterocycles. The van der Waals surface area contributed by atoms with Crippen LogP contribution in [-0.2, 0) is 4.74 Å². The van der Waals surface area contributed by atoms with Crippen LogP contribution in [0, 0.1) is 5.92 Å². The normalized spacial score (nSPS) is 19.7. The zero-order valence-corrected chi connectivity index (χ0v) is 23.6. The molecule has 6 heteroatoms. The highest BCUT2D eigenvalue weighted by atomic mass is 16.5. The van der Waals surface area contributed by atoms with Gasteiger partial charge >= 0.3 is 0 Å². The number of hydrogen-bond donors (Lipinski definition) is 1. The molecule has 3 aromatic rings. The molecule has 40 heavy (non-hydrogen) atoms. The maximum absolute atomic E-state index is 11.7. The number of carbonyl (C=O) groups is 1. The van der Waals surface area contributed by atoms with Crippen LogP contribution in [0.15, 0.2) is 60.9 Å². The zero-order valence-electron chi connectivity index (χ0n) is 23.6. The molecule has 2 aromatic carbocycles. The molecule has 2 aliphatic heterocycles. The largest absolute Gasteiger partial charge is 0.378 e. The van der Waals surface area contributed by atoms with Gasteiger partial charge in [0.2, 0.25) is 0 Å². The monoisotopic (exact) mass is 536 g/mol. The highest BCUT2D eigenvalue weighted by molar-refractivity contribution is 5.88. The molecule has 0 amide bonds. The maximum Gasteiger partial charge on any atom is 0.159 e. The highest BCUT2D eigenvalue weighted by Crippen LogP contribution is 2.42. The van der Waals surface area contributed by atoms with E-state index in [0.29, 0.717) is 5.92 Å². The molecule has 0 bridgehead atoms. The van der Waals surface area contributed by atoms with Crippen molar-refractivity contribution >= 4 is 17.5 Å². The van der Waals surface area contributed by atoms with Crippen LogP contribution >= 0.6 is 0 Å². The van der Waals surface area contributed by atoms with E-state index in [4.69, 9.17) is 14.7 Å².